The summed E-state index contributed by atoms with van der Waals surface area (Å²) in [5.74, 6) is -0.148. The molecule has 2 aliphatic rings. The summed E-state index contributed by atoms with van der Waals surface area (Å²) in [5.41, 5.74) is 6.53. The van der Waals surface area contributed by atoms with Crippen LogP contribution in [0.3, 0.4) is 0 Å². The fraction of sp³-hybridized carbons (Fsp3) is 0.484. The Morgan fingerprint density at radius 3 is 2.75 bits per heavy atom. The SMILES string of the molecule is CCc1cc(O)c(F)cc1-c1ccc2c(-c3nc4c([nH]3)CN(C(C)C)[C@H](CN3CC[C@H](N(C)C)C3)C4)n[nH]c2c1. The van der Waals surface area contributed by atoms with Crippen molar-refractivity contribution in [3.05, 3.63) is 53.1 Å². The van der Waals surface area contributed by atoms with Crippen molar-refractivity contribution in [1.29, 1.82) is 0 Å². The summed E-state index contributed by atoms with van der Waals surface area (Å²) in [6.07, 6.45) is 2.84. The Morgan fingerprint density at radius 1 is 1.20 bits per heavy atom. The average Bonchev–Trinajstić information content (AvgIpc) is 3.67. The molecule has 0 unspecified atom stereocenters. The summed E-state index contributed by atoms with van der Waals surface area (Å²) in [4.78, 5) is 16.2. The number of imidazole rings is 1. The first-order valence-corrected chi connectivity index (χ1v) is 14.4. The molecule has 2 aliphatic heterocycles. The van der Waals surface area contributed by atoms with Gasteiger partial charge in [0.2, 0.25) is 0 Å². The molecular formula is C31H40FN7O. The van der Waals surface area contributed by atoms with Crippen molar-refractivity contribution in [2.45, 2.75) is 64.7 Å². The molecule has 3 N–H and O–H groups in total. The molecule has 4 heterocycles. The zero-order valence-corrected chi connectivity index (χ0v) is 24.1. The Balaban J connectivity index is 1.27. The third-order valence-corrected chi connectivity index (χ3v) is 8.86. The highest BCUT2D eigenvalue weighted by molar-refractivity contribution is 5.94. The summed E-state index contributed by atoms with van der Waals surface area (Å²) in [6, 6.07) is 10.4. The van der Waals surface area contributed by atoms with Gasteiger partial charge in [-0.1, -0.05) is 13.0 Å². The van der Waals surface area contributed by atoms with Crippen LogP contribution in [-0.4, -0.2) is 91.8 Å². The summed E-state index contributed by atoms with van der Waals surface area (Å²) < 4.78 is 14.2. The lowest BCUT2D eigenvalue weighted by Gasteiger charge is -2.39. The molecule has 40 heavy (non-hydrogen) atoms. The number of likely N-dealkylation sites (N-methyl/N-ethyl adjacent to an activating group) is 1. The number of hydrogen-bond acceptors (Lipinski definition) is 6. The van der Waals surface area contributed by atoms with Crippen LogP contribution in [0.4, 0.5) is 4.39 Å². The quantitative estimate of drug-likeness (QED) is 0.309. The second-order valence-electron chi connectivity index (χ2n) is 11.9. The van der Waals surface area contributed by atoms with Gasteiger partial charge in [-0.05, 0) is 88.3 Å². The highest BCUT2D eigenvalue weighted by Crippen LogP contribution is 2.34. The number of aryl methyl sites for hydroxylation is 1. The first-order chi connectivity index (χ1) is 19.2. The Kier molecular flexibility index (Phi) is 7.14. The standard InChI is InChI=1S/C31H40FN7O/c1-6-19-12-29(40)25(32)14-24(19)20-7-8-23-26(11-20)35-36-30(23)31-33-27-13-22(39(18(2)3)17-28(27)34-31)16-38-10-9-21(15-38)37(4)5/h7-8,11-12,14,18,21-22,40H,6,9-10,13,15-17H2,1-5H3,(H,33,34)(H,35,36)/t21-,22-/m0/s1. The van der Waals surface area contributed by atoms with E-state index >= 15 is 0 Å². The number of halogens is 1. The Labute approximate surface area is 235 Å². The predicted octanol–water partition coefficient (Wildman–Crippen LogP) is 4.80. The molecule has 1 saturated heterocycles. The first-order valence-electron chi connectivity index (χ1n) is 14.4. The van der Waals surface area contributed by atoms with Crippen molar-refractivity contribution < 1.29 is 9.50 Å². The fourth-order valence-corrected chi connectivity index (χ4v) is 6.51. The van der Waals surface area contributed by atoms with Gasteiger partial charge in [0.15, 0.2) is 17.4 Å². The summed E-state index contributed by atoms with van der Waals surface area (Å²) in [7, 11) is 4.36. The van der Waals surface area contributed by atoms with Crippen LogP contribution in [-0.2, 0) is 19.4 Å². The number of benzene rings is 2. The number of H-pyrrole nitrogens is 2. The van der Waals surface area contributed by atoms with Crippen LogP contribution in [0.5, 0.6) is 5.75 Å². The molecule has 0 amide bonds. The Hall–Kier alpha value is -3.27. The van der Waals surface area contributed by atoms with E-state index in [0.29, 0.717) is 24.5 Å². The van der Waals surface area contributed by atoms with Gasteiger partial charge in [-0.3, -0.25) is 10.00 Å². The summed E-state index contributed by atoms with van der Waals surface area (Å²) >= 11 is 0. The Morgan fingerprint density at radius 2 is 2.02 bits per heavy atom. The molecule has 0 radical (unpaired) electrons. The highest BCUT2D eigenvalue weighted by atomic mass is 19.1. The zero-order chi connectivity index (χ0) is 28.1. The lowest BCUT2D eigenvalue weighted by Crippen LogP contribution is -2.50. The van der Waals surface area contributed by atoms with Crippen molar-refractivity contribution in [3.8, 4) is 28.4 Å². The number of phenols is 1. The van der Waals surface area contributed by atoms with Gasteiger partial charge in [0.1, 0.15) is 5.69 Å². The maximum Gasteiger partial charge on any atom is 0.165 e. The van der Waals surface area contributed by atoms with Crippen LogP contribution in [0.15, 0.2) is 30.3 Å². The van der Waals surface area contributed by atoms with Crippen molar-refractivity contribution in [3.63, 3.8) is 0 Å². The van der Waals surface area contributed by atoms with Crippen molar-refractivity contribution in [2.75, 3.05) is 33.7 Å². The summed E-state index contributed by atoms with van der Waals surface area (Å²) in [5, 5.41) is 18.6. The minimum atomic E-state index is -0.616. The normalized spacial score (nSPS) is 20.3. The Bertz CT molecular complexity index is 1520. The van der Waals surface area contributed by atoms with E-state index in [4.69, 9.17) is 4.98 Å². The minimum absolute atomic E-state index is 0.316. The minimum Gasteiger partial charge on any atom is -0.505 e. The average molecular weight is 546 g/mol. The van der Waals surface area contributed by atoms with E-state index in [9.17, 15) is 9.50 Å². The van der Waals surface area contributed by atoms with Gasteiger partial charge >= 0.3 is 0 Å². The van der Waals surface area contributed by atoms with E-state index in [1.165, 1.54) is 24.2 Å². The number of nitrogens with zero attached hydrogens (tertiary/aromatic N) is 5. The topological polar surface area (TPSA) is 87.3 Å². The zero-order valence-electron chi connectivity index (χ0n) is 24.1. The second kappa shape index (κ2) is 10.6. The number of rotatable bonds is 7. The van der Waals surface area contributed by atoms with Gasteiger partial charge in [0.05, 0.1) is 16.9 Å². The van der Waals surface area contributed by atoms with Gasteiger partial charge < -0.3 is 19.9 Å². The predicted molar refractivity (Wildman–Crippen MR) is 157 cm³/mol. The lowest BCUT2D eigenvalue weighted by atomic mass is 9.96. The highest BCUT2D eigenvalue weighted by Gasteiger charge is 2.34. The number of nitrogens with one attached hydrogen (secondary N) is 2. The molecule has 4 aromatic rings. The molecule has 0 aliphatic carbocycles. The van der Waals surface area contributed by atoms with Crippen molar-refractivity contribution in [1.82, 2.24) is 34.9 Å². The molecule has 2 atom stereocenters. The maximum absolute atomic E-state index is 14.2. The number of phenolic OH excluding ortho intramolecular Hbond substituents is 1. The van der Waals surface area contributed by atoms with Crippen molar-refractivity contribution >= 4 is 10.9 Å². The van der Waals surface area contributed by atoms with Crippen molar-refractivity contribution in [2.24, 2.45) is 0 Å². The molecule has 0 saturated carbocycles. The van der Waals surface area contributed by atoms with Crippen LogP contribution in [0, 0.1) is 5.82 Å². The van der Waals surface area contributed by atoms with E-state index in [1.807, 2.05) is 25.1 Å². The third kappa shape index (κ3) is 4.91. The molecule has 212 valence electrons. The second-order valence-corrected chi connectivity index (χ2v) is 11.9. The van der Waals surface area contributed by atoms with E-state index in [-0.39, 0.29) is 5.75 Å². The molecule has 0 bridgehead atoms. The molecular weight excluding hydrogens is 505 g/mol. The number of hydrogen-bond donors (Lipinski definition) is 3. The van der Waals surface area contributed by atoms with Gasteiger partial charge in [-0.15, -0.1) is 0 Å². The van der Waals surface area contributed by atoms with Crippen LogP contribution < -0.4 is 0 Å². The first kappa shape index (κ1) is 26.9. The van der Waals surface area contributed by atoms with Gasteiger partial charge in [-0.25, -0.2) is 9.37 Å². The van der Waals surface area contributed by atoms with Gasteiger partial charge in [0.25, 0.3) is 0 Å². The monoisotopic (exact) mass is 545 g/mol. The smallest absolute Gasteiger partial charge is 0.165 e. The largest absolute Gasteiger partial charge is 0.505 e. The molecule has 0 spiro atoms. The molecule has 8 nitrogen and oxygen atoms in total. The van der Waals surface area contributed by atoms with Crippen LogP contribution in [0.2, 0.25) is 0 Å². The lowest BCUT2D eigenvalue weighted by molar-refractivity contribution is 0.0954. The van der Waals surface area contributed by atoms with E-state index in [2.05, 4.69) is 57.8 Å². The molecule has 2 aromatic heterocycles. The molecule has 2 aromatic carbocycles. The van der Waals surface area contributed by atoms with Gasteiger partial charge in [-0.2, -0.15) is 5.10 Å². The number of aromatic nitrogens is 4. The molecule has 1 fully saturated rings. The molecule has 9 heteroatoms. The number of aromatic hydroxyl groups is 1. The van der Waals surface area contributed by atoms with E-state index in [1.54, 1.807) is 0 Å². The van der Waals surface area contributed by atoms with Crippen LogP contribution in [0.1, 0.15) is 44.1 Å². The van der Waals surface area contributed by atoms with Gasteiger partial charge in [0, 0.05) is 49.6 Å². The van der Waals surface area contributed by atoms with Crippen LogP contribution in [0.25, 0.3) is 33.5 Å². The number of likely N-dealkylation sites (tertiary alicyclic amines) is 1. The third-order valence-electron chi connectivity index (χ3n) is 8.86. The summed E-state index contributed by atoms with van der Waals surface area (Å²) in [6.45, 7) is 10.8. The van der Waals surface area contributed by atoms with E-state index < -0.39 is 5.82 Å². The fourth-order valence-electron chi connectivity index (χ4n) is 6.51. The number of fused-ring (bicyclic) bond motifs is 2. The maximum atomic E-state index is 14.2. The van der Waals surface area contributed by atoms with Crippen LogP contribution >= 0.6 is 0 Å². The number of aromatic amines is 2. The van der Waals surface area contributed by atoms with E-state index in [0.717, 1.165) is 77.4 Å². The molecule has 6 rings (SSSR count).